The average Bonchev–Trinajstić information content (AvgIpc) is 2.45. The first-order valence-electron chi connectivity index (χ1n) is 5.92. The number of aryl methyl sites for hydroxylation is 1. The van der Waals surface area contributed by atoms with Crippen LogP contribution in [0.3, 0.4) is 0 Å². The van der Waals surface area contributed by atoms with E-state index in [0.29, 0.717) is 5.82 Å². The predicted octanol–water partition coefficient (Wildman–Crippen LogP) is 1.94. The van der Waals surface area contributed by atoms with E-state index in [-0.39, 0.29) is 0 Å². The second-order valence-electron chi connectivity index (χ2n) is 3.91. The standard InChI is InChI=1S/C13H17N5/c1-2-10-5-3-4-6-11(10)8-15-12-7-13(18-14)17-9-16-12/h3-7,9H,2,8,14H2,1H3,(H2,15,16,17,18). The molecule has 4 N–H and O–H groups in total. The van der Waals surface area contributed by atoms with Gasteiger partial charge in [-0.15, -0.1) is 0 Å². The van der Waals surface area contributed by atoms with E-state index < -0.39 is 0 Å². The molecular weight excluding hydrogens is 226 g/mol. The van der Waals surface area contributed by atoms with Crippen molar-refractivity contribution in [3.8, 4) is 0 Å². The summed E-state index contributed by atoms with van der Waals surface area (Å²) in [6.07, 6.45) is 2.50. The molecule has 0 saturated carbocycles. The van der Waals surface area contributed by atoms with Crippen molar-refractivity contribution in [1.82, 2.24) is 9.97 Å². The summed E-state index contributed by atoms with van der Waals surface area (Å²) in [5.74, 6) is 6.65. The van der Waals surface area contributed by atoms with E-state index in [1.165, 1.54) is 17.5 Å². The quantitative estimate of drug-likeness (QED) is 0.552. The van der Waals surface area contributed by atoms with E-state index in [1.807, 2.05) is 6.07 Å². The van der Waals surface area contributed by atoms with Gasteiger partial charge in [0.25, 0.3) is 0 Å². The molecule has 0 aliphatic rings. The second kappa shape index (κ2) is 5.97. The molecule has 0 fully saturated rings. The molecular formula is C13H17N5. The van der Waals surface area contributed by atoms with Gasteiger partial charge in [-0.3, -0.25) is 0 Å². The van der Waals surface area contributed by atoms with Crippen LogP contribution in [-0.4, -0.2) is 9.97 Å². The SMILES string of the molecule is CCc1ccccc1CNc1cc(NN)ncn1. The van der Waals surface area contributed by atoms with Gasteiger partial charge < -0.3 is 10.7 Å². The third kappa shape index (κ3) is 2.95. The largest absolute Gasteiger partial charge is 0.366 e. The van der Waals surface area contributed by atoms with E-state index in [2.05, 4.69) is 45.8 Å². The van der Waals surface area contributed by atoms with Crippen LogP contribution in [0, 0.1) is 0 Å². The summed E-state index contributed by atoms with van der Waals surface area (Å²) in [7, 11) is 0. The normalized spacial score (nSPS) is 10.1. The number of hydrogen-bond acceptors (Lipinski definition) is 5. The Morgan fingerprint density at radius 3 is 2.56 bits per heavy atom. The molecule has 0 spiro atoms. The molecule has 0 amide bonds. The smallest absolute Gasteiger partial charge is 0.145 e. The molecule has 5 heteroatoms. The number of nitrogens with zero attached hydrogens (tertiary/aromatic N) is 2. The maximum Gasteiger partial charge on any atom is 0.145 e. The molecule has 18 heavy (non-hydrogen) atoms. The lowest BCUT2D eigenvalue weighted by molar-refractivity contribution is 1.02. The number of rotatable bonds is 5. The summed E-state index contributed by atoms with van der Waals surface area (Å²) in [5.41, 5.74) is 5.12. The van der Waals surface area contributed by atoms with Crippen molar-refractivity contribution in [2.45, 2.75) is 19.9 Å². The topological polar surface area (TPSA) is 75.9 Å². The van der Waals surface area contributed by atoms with Gasteiger partial charge in [0.1, 0.15) is 18.0 Å². The fraction of sp³-hybridized carbons (Fsp3) is 0.231. The molecule has 1 aromatic heterocycles. The molecule has 1 aromatic carbocycles. The summed E-state index contributed by atoms with van der Waals surface area (Å²) in [6.45, 7) is 2.89. The van der Waals surface area contributed by atoms with E-state index in [9.17, 15) is 0 Å². The Hall–Kier alpha value is -2.14. The third-order valence-corrected chi connectivity index (χ3v) is 2.77. The lowest BCUT2D eigenvalue weighted by Crippen LogP contribution is -2.10. The van der Waals surface area contributed by atoms with Gasteiger partial charge in [-0.1, -0.05) is 31.2 Å². The van der Waals surface area contributed by atoms with Crippen molar-refractivity contribution in [2.75, 3.05) is 10.7 Å². The zero-order chi connectivity index (χ0) is 12.8. The van der Waals surface area contributed by atoms with Crippen molar-refractivity contribution in [3.63, 3.8) is 0 Å². The molecule has 0 saturated heterocycles. The number of nitrogens with one attached hydrogen (secondary N) is 2. The molecule has 0 aliphatic carbocycles. The molecule has 1 heterocycles. The Bertz CT molecular complexity index is 512. The van der Waals surface area contributed by atoms with Crippen molar-refractivity contribution in [2.24, 2.45) is 5.84 Å². The van der Waals surface area contributed by atoms with Gasteiger partial charge in [0.05, 0.1) is 0 Å². The minimum absolute atomic E-state index is 0.594. The van der Waals surface area contributed by atoms with Gasteiger partial charge in [0, 0.05) is 12.6 Å². The summed E-state index contributed by atoms with van der Waals surface area (Å²) in [5, 5.41) is 3.26. The number of nitrogens with two attached hydrogens (primary N) is 1. The minimum Gasteiger partial charge on any atom is -0.366 e. The van der Waals surface area contributed by atoms with Gasteiger partial charge in [-0.25, -0.2) is 15.8 Å². The van der Waals surface area contributed by atoms with E-state index in [1.54, 1.807) is 6.07 Å². The molecule has 0 atom stereocenters. The van der Waals surface area contributed by atoms with Crippen LogP contribution < -0.4 is 16.6 Å². The van der Waals surface area contributed by atoms with Crippen LogP contribution in [0.15, 0.2) is 36.7 Å². The maximum absolute atomic E-state index is 5.30. The summed E-state index contributed by atoms with van der Waals surface area (Å²) in [4.78, 5) is 8.10. The zero-order valence-electron chi connectivity index (χ0n) is 10.4. The second-order valence-corrected chi connectivity index (χ2v) is 3.91. The fourth-order valence-corrected chi connectivity index (χ4v) is 1.79. The van der Waals surface area contributed by atoms with Crippen molar-refractivity contribution < 1.29 is 0 Å². The molecule has 0 unspecified atom stereocenters. The van der Waals surface area contributed by atoms with Crippen molar-refractivity contribution in [1.29, 1.82) is 0 Å². The number of hydrazine groups is 1. The average molecular weight is 243 g/mol. The summed E-state index contributed by atoms with van der Waals surface area (Å²) < 4.78 is 0. The molecule has 0 aliphatic heterocycles. The molecule has 0 bridgehead atoms. The number of nitrogen functional groups attached to an aromatic ring is 1. The van der Waals surface area contributed by atoms with E-state index in [4.69, 9.17) is 5.84 Å². The molecule has 5 nitrogen and oxygen atoms in total. The number of hydrogen-bond donors (Lipinski definition) is 3. The van der Waals surface area contributed by atoms with Crippen LogP contribution >= 0.6 is 0 Å². The van der Waals surface area contributed by atoms with Crippen molar-refractivity contribution >= 4 is 11.6 Å². The summed E-state index contributed by atoms with van der Waals surface area (Å²) >= 11 is 0. The fourth-order valence-electron chi connectivity index (χ4n) is 1.79. The molecule has 2 aromatic rings. The Balaban J connectivity index is 2.06. The number of anilines is 2. The molecule has 94 valence electrons. The van der Waals surface area contributed by atoms with Crippen LogP contribution in [0.4, 0.5) is 11.6 Å². The van der Waals surface area contributed by atoms with E-state index >= 15 is 0 Å². The van der Waals surface area contributed by atoms with Crippen LogP contribution in [0.2, 0.25) is 0 Å². The molecule has 2 rings (SSSR count). The Labute approximate surface area is 106 Å². The predicted molar refractivity (Wildman–Crippen MR) is 73.0 cm³/mol. The number of benzene rings is 1. The van der Waals surface area contributed by atoms with Gasteiger partial charge in [0.15, 0.2) is 0 Å². The first-order chi connectivity index (χ1) is 8.83. The molecule has 0 radical (unpaired) electrons. The monoisotopic (exact) mass is 243 g/mol. The van der Waals surface area contributed by atoms with Crippen LogP contribution in [0.25, 0.3) is 0 Å². The van der Waals surface area contributed by atoms with Gasteiger partial charge in [0.2, 0.25) is 0 Å². The Kier molecular flexibility index (Phi) is 4.09. The highest BCUT2D eigenvalue weighted by molar-refractivity contribution is 5.46. The van der Waals surface area contributed by atoms with Crippen LogP contribution in [0.5, 0.6) is 0 Å². The van der Waals surface area contributed by atoms with Gasteiger partial charge in [-0.2, -0.15) is 0 Å². The highest BCUT2D eigenvalue weighted by Gasteiger charge is 2.01. The lowest BCUT2D eigenvalue weighted by atomic mass is 10.1. The Morgan fingerprint density at radius 2 is 1.83 bits per heavy atom. The van der Waals surface area contributed by atoms with Gasteiger partial charge in [-0.05, 0) is 17.5 Å². The highest BCUT2D eigenvalue weighted by atomic mass is 15.3. The first kappa shape index (κ1) is 12.3. The lowest BCUT2D eigenvalue weighted by Gasteiger charge is -2.10. The highest BCUT2D eigenvalue weighted by Crippen LogP contribution is 2.13. The van der Waals surface area contributed by atoms with Crippen LogP contribution in [-0.2, 0) is 13.0 Å². The van der Waals surface area contributed by atoms with Gasteiger partial charge >= 0.3 is 0 Å². The third-order valence-electron chi connectivity index (χ3n) is 2.77. The zero-order valence-corrected chi connectivity index (χ0v) is 10.4. The first-order valence-corrected chi connectivity index (χ1v) is 5.92. The minimum atomic E-state index is 0.594. The summed E-state index contributed by atoms with van der Waals surface area (Å²) in [6, 6.07) is 10.1. The number of aromatic nitrogens is 2. The van der Waals surface area contributed by atoms with Crippen LogP contribution in [0.1, 0.15) is 18.1 Å². The Morgan fingerprint density at radius 1 is 1.11 bits per heavy atom. The van der Waals surface area contributed by atoms with E-state index in [0.717, 1.165) is 18.8 Å². The maximum atomic E-state index is 5.30. The van der Waals surface area contributed by atoms with Crippen molar-refractivity contribution in [3.05, 3.63) is 47.8 Å².